The van der Waals surface area contributed by atoms with Gasteiger partial charge in [-0.2, -0.15) is 0 Å². The van der Waals surface area contributed by atoms with E-state index in [0.29, 0.717) is 17.7 Å². The second-order valence-corrected chi connectivity index (χ2v) is 7.97. The number of nitrogens with one attached hydrogen (secondary N) is 1. The van der Waals surface area contributed by atoms with Gasteiger partial charge < -0.3 is 10.1 Å². The van der Waals surface area contributed by atoms with Crippen molar-refractivity contribution in [3.05, 3.63) is 53.1 Å². The average molecular weight is 396 g/mol. The van der Waals surface area contributed by atoms with Crippen LogP contribution in [-0.2, 0) is 14.6 Å². The minimum absolute atomic E-state index is 0.0229. The van der Waals surface area contributed by atoms with Crippen LogP contribution in [0.1, 0.15) is 23.7 Å². The van der Waals surface area contributed by atoms with Crippen molar-refractivity contribution < 1.29 is 22.7 Å². The van der Waals surface area contributed by atoms with E-state index in [4.69, 9.17) is 16.3 Å². The molecular weight excluding hydrogens is 378 g/mol. The summed E-state index contributed by atoms with van der Waals surface area (Å²) in [5.74, 6) is -0.0373. The fraction of sp³-hybridized carbons (Fsp3) is 0.222. The first kappa shape index (κ1) is 19.9. The van der Waals surface area contributed by atoms with Crippen LogP contribution in [-0.4, -0.2) is 33.0 Å². The maximum absolute atomic E-state index is 12.0. The number of sulfone groups is 1. The summed E-state index contributed by atoms with van der Waals surface area (Å²) in [5, 5.41) is 2.73. The number of ketones is 1. The van der Waals surface area contributed by atoms with Crippen molar-refractivity contribution in [2.45, 2.75) is 18.2 Å². The predicted molar refractivity (Wildman–Crippen MR) is 99.8 cm³/mol. The number of rotatable bonds is 7. The van der Waals surface area contributed by atoms with Gasteiger partial charge in [-0.15, -0.1) is 0 Å². The minimum Gasteiger partial charge on any atom is -0.484 e. The number of Topliss-reactive ketones (excluding diaryl/α,β-unsaturated/α-hetero) is 1. The molecule has 0 bridgehead atoms. The molecule has 0 unspecified atom stereocenters. The van der Waals surface area contributed by atoms with Crippen molar-refractivity contribution in [1.82, 2.24) is 0 Å². The fourth-order valence-corrected chi connectivity index (χ4v) is 2.92. The van der Waals surface area contributed by atoms with E-state index in [0.717, 1.165) is 6.26 Å². The van der Waals surface area contributed by atoms with E-state index < -0.39 is 15.7 Å². The molecule has 0 aliphatic heterocycles. The van der Waals surface area contributed by atoms with E-state index >= 15 is 0 Å². The lowest BCUT2D eigenvalue weighted by Crippen LogP contribution is -2.20. The molecule has 8 heteroatoms. The number of amides is 1. The van der Waals surface area contributed by atoms with Gasteiger partial charge in [0, 0.05) is 18.2 Å². The van der Waals surface area contributed by atoms with Crippen molar-refractivity contribution in [3.63, 3.8) is 0 Å². The number of hydrogen-bond donors (Lipinski definition) is 1. The SMILES string of the molecule is CCC(=O)c1ccc(OCC(=O)Nc2cc(S(C)(=O)=O)ccc2Cl)cc1. The molecule has 138 valence electrons. The zero-order chi connectivity index (χ0) is 19.3. The zero-order valence-electron chi connectivity index (χ0n) is 14.3. The van der Waals surface area contributed by atoms with Gasteiger partial charge in [0.1, 0.15) is 5.75 Å². The normalized spacial score (nSPS) is 11.0. The number of benzene rings is 2. The first-order valence-electron chi connectivity index (χ1n) is 7.76. The molecule has 0 radical (unpaired) electrons. The maximum Gasteiger partial charge on any atom is 0.262 e. The highest BCUT2D eigenvalue weighted by Gasteiger charge is 2.13. The molecule has 0 aromatic heterocycles. The Morgan fingerprint density at radius 3 is 2.35 bits per heavy atom. The Labute approximate surface area is 157 Å². The third-order valence-electron chi connectivity index (χ3n) is 3.51. The molecule has 0 spiro atoms. The Hall–Kier alpha value is -2.38. The molecule has 0 aliphatic rings. The summed E-state index contributed by atoms with van der Waals surface area (Å²) >= 11 is 5.99. The monoisotopic (exact) mass is 395 g/mol. The van der Waals surface area contributed by atoms with Gasteiger partial charge in [-0.1, -0.05) is 18.5 Å². The first-order chi connectivity index (χ1) is 12.2. The number of carbonyl (C=O) groups is 2. The second-order valence-electron chi connectivity index (χ2n) is 5.55. The standard InChI is InChI=1S/C18H18ClNO5S/c1-3-17(21)12-4-6-13(7-5-12)25-11-18(22)20-16-10-14(26(2,23)24)8-9-15(16)19/h4-10H,3,11H2,1-2H3,(H,20,22). The summed E-state index contributed by atoms with van der Waals surface area (Å²) in [6.45, 7) is 1.49. The Morgan fingerprint density at radius 2 is 1.77 bits per heavy atom. The molecule has 2 aromatic rings. The summed E-state index contributed by atoms with van der Waals surface area (Å²) in [4.78, 5) is 23.6. The van der Waals surface area contributed by atoms with Crippen LogP contribution in [0.5, 0.6) is 5.75 Å². The zero-order valence-corrected chi connectivity index (χ0v) is 15.9. The largest absolute Gasteiger partial charge is 0.484 e. The predicted octanol–water partition coefficient (Wildman–Crippen LogP) is 3.35. The van der Waals surface area contributed by atoms with Crippen LogP contribution in [0, 0.1) is 0 Å². The summed E-state index contributed by atoms with van der Waals surface area (Å²) in [6, 6.07) is 10.5. The molecule has 1 amide bonds. The third kappa shape index (κ3) is 5.31. The highest BCUT2D eigenvalue weighted by molar-refractivity contribution is 7.90. The van der Waals surface area contributed by atoms with Gasteiger partial charge in [-0.05, 0) is 42.5 Å². The van der Waals surface area contributed by atoms with Gasteiger partial charge >= 0.3 is 0 Å². The Morgan fingerprint density at radius 1 is 1.12 bits per heavy atom. The van der Waals surface area contributed by atoms with Crippen LogP contribution in [0.4, 0.5) is 5.69 Å². The summed E-state index contributed by atoms with van der Waals surface area (Å²) in [7, 11) is -3.42. The number of halogens is 1. The van der Waals surface area contributed by atoms with Gasteiger partial charge in [0.25, 0.3) is 5.91 Å². The third-order valence-corrected chi connectivity index (χ3v) is 4.95. The van der Waals surface area contributed by atoms with Gasteiger partial charge in [-0.3, -0.25) is 9.59 Å². The van der Waals surface area contributed by atoms with E-state index in [1.165, 1.54) is 18.2 Å². The molecule has 0 fully saturated rings. The molecule has 2 aromatic carbocycles. The topological polar surface area (TPSA) is 89.5 Å². The Kier molecular flexibility index (Phi) is 6.39. The quantitative estimate of drug-likeness (QED) is 0.726. The lowest BCUT2D eigenvalue weighted by atomic mass is 10.1. The molecule has 0 saturated heterocycles. The van der Waals surface area contributed by atoms with Crippen LogP contribution < -0.4 is 10.1 Å². The van der Waals surface area contributed by atoms with Gasteiger partial charge in [0.15, 0.2) is 22.2 Å². The smallest absolute Gasteiger partial charge is 0.262 e. The molecule has 0 aliphatic carbocycles. The molecule has 0 saturated carbocycles. The molecule has 2 rings (SSSR count). The molecule has 0 heterocycles. The number of hydrogen-bond acceptors (Lipinski definition) is 5. The van der Waals surface area contributed by atoms with Gasteiger partial charge in [-0.25, -0.2) is 8.42 Å². The van der Waals surface area contributed by atoms with Crippen LogP contribution in [0.2, 0.25) is 5.02 Å². The summed E-state index contributed by atoms with van der Waals surface area (Å²) < 4.78 is 28.5. The number of carbonyl (C=O) groups excluding carboxylic acids is 2. The van der Waals surface area contributed by atoms with Crippen molar-refractivity contribution >= 4 is 38.8 Å². The molecule has 26 heavy (non-hydrogen) atoms. The van der Waals surface area contributed by atoms with Crippen LogP contribution >= 0.6 is 11.6 Å². The highest BCUT2D eigenvalue weighted by atomic mass is 35.5. The highest BCUT2D eigenvalue weighted by Crippen LogP contribution is 2.25. The fourth-order valence-electron chi connectivity index (χ4n) is 2.11. The maximum atomic E-state index is 12.0. The Bertz CT molecular complexity index is 923. The number of anilines is 1. The molecule has 1 N–H and O–H groups in total. The van der Waals surface area contributed by atoms with Crippen LogP contribution in [0.25, 0.3) is 0 Å². The van der Waals surface area contributed by atoms with E-state index in [1.54, 1.807) is 31.2 Å². The van der Waals surface area contributed by atoms with Crippen molar-refractivity contribution in [1.29, 1.82) is 0 Å². The Balaban J connectivity index is 2.00. The van der Waals surface area contributed by atoms with E-state index in [1.807, 2.05) is 0 Å². The van der Waals surface area contributed by atoms with E-state index in [2.05, 4.69) is 5.32 Å². The van der Waals surface area contributed by atoms with E-state index in [-0.39, 0.29) is 28.0 Å². The summed E-state index contributed by atoms with van der Waals surface area (Å²) in [6.07, 6.45) is 1.48. The number of ether oxygens (including phenoxy) is 1. The van der Waals surface area contributed by atoms with Crippen LogP contribution in [0.3, 0.4) is 0 Å². The van der Waals surface area contributed by atoms with Gasteiger partial charge in [0.2, 0.25) is 0 Å². The summed E-state index contributed by atoms with van der Waals surface area (Å²) in [5.41, 5.74) is 0.765. The molecular formula is C18H18ClNO5S. The molecule has 6 nitrogen and oxygen atoms in total. The minimum atomic E-state index is -3.42. The molecule has 0 atom stereocenters. The van der Waals surface area contributed by atoms with Gasteiger partial charge in [0.05, 0.1) is 15.6 Å². The second kappa shape index (κ2) is 8.33. The lowest BCUT2D eigenvalue weighted by molar-refractivity contribution is -0.118. The van der Waals surface area contributed by atoms with Crippen molar-refractivity contribution in [3.8, 4) is 5.75 Å². The van der Waals surface area contributed by atoms with Crippen molar-refractivity contribution in [2.75, 3.05) is 18.2 Å². The first-order valence-corrected chi connectivity index (χ1v) is 10.0. The van der Waals surface area contributed by atoms with Crippen molar-refractivity contribution in [2.24, 2.45) is 0 Å². The average Bonchev–Trinajstić information content (AvgIpc) is 2.60. The van der Waals surface area contributed by atoms with E-state index in [9.17, 15) is 18.0 Å². The lowest BCUT2D eigenvalue weighted by Gasteiger charge is -2.10. The van der Waals surface area contributed by atoms with Crippen LogP contribution in [0.15, 0.2) is 47.4 Å².